The Labute approximate surface area is 221 Å². The van der Waals surface area contributed by atoms with Crippen LogP contribution in [0.15, 0.2) is 89.2 Å². The summed E-state index contributed by atoms with van der Waals surface area (Å²) >= 11 is 2.58. The first kappa shape index (κ1) is 24.6. The fourth-order valence-corrected chi connectivity index (χ4v) is 4.79. The van der Waals surface area contributed by atoms with Crippen molar-refractivity contribution >= 4 is 52.1 Å². The maximum Gasteiger partial charge on any atom is 0.234 e. The van der Waals surface area contributed by atoms with Gasteiger partial charge >= 0.3 is 0 Å². The number of imidazole rings is 1. The van der Waals surface area contributed by atoms with Gasteiger partial charge in [-0.1, -0.05) is 84.2 Å². The Morgan fingerprint density at radius 2 is 1.59 bits per heavy atom. The molecule has 5 rings (SSSR count). The van der Waals surface area contributed by atoms with E-state index in [0.29, 0.717) is 28.4 Å². The van der Waals surface area contributed by atoms with Gasteiger partial charge in [0.15, 0.2) is 11.0 Å². The average Bonchev–Trinajstić information content (AvgIpc) is 3.57. The van der Waals surface area contributed by atoms with Crippen molar-refractivity contribution in [1.82, 2.24) is 30.5 Å². The van der Waals surface area contributed by atoms with E-state index in [1.807, 2.05) is 72.8 Å². The molecule has 2 amide bonds. The van der Waals surface area contributed by atoms with Crippen LogP contribution in [0.3, 0.4) is 0 Å². The quantitative estimate of drug-likeness (QED) is 0.196. The maximum atomic E-state index is 12.5. The molecule has 0 fully saturated rings. The summed E-state index contributed by atoms with van der Waals surface area (Å²) in [6.07, 6.45) is 0. The largest absolute Gasteiger partial charge is 0.351 e. The van der Waals surface area contributed by atoms with E-state index in [4.69, 9.17) is 0 Å². The summed E-state index contributed by atoms with van der Waals surface area (Å²) < 4.78 is 0. The highest BCUT2D eigenvalue weighted by Crippen LogP contribution is 2.23. The second kappa shape index (κ2) is 11.8. The average molecular weight is 530 g/mol. The summed E-state index contributed by atoms with van der Waals surface area (Å²) in [6, 6.07) is 24.9. The molecule has 0 bridgehead atoms. The van der Waals surface area contributed by atoms with Gasteiger partial charge in [0.2, 0.25) is 17.0 Å². The Morgan fingerprint density at radius 3 is 2.41 bits per heavy atom. The van der Waals surface area contributed by atoms with Crippen LogP contribution in [0.2, 0.25) is 0 Å². The molecule has 2 heterocycles. The smallest absolute Gasteiger partial charge is 0.234 e. The minimum Gasteiger partial charge on any atom is -0.351 e. The molecule has 0 aliphatic heterocycles. The molecule has 9 nitrogen and oxygen atoms in total. The van der Waals surface area contributed by atoms with E-state index in [2.05, 4.69) is 35.8 Å². The maximum absolute atomic E-state index is 12.5. The van der Waals surface area contributed by atoms with E-state index in [1.165, 1.54) is 23.5 Å². The number of nitrogens with one attached hydrogen (secondary N) is 4. The van der Waals surface area contributed by atoms with Crippen molar-refractivity contribution in [3.05, 3.63) is 84.4 Å². The molecule has 5 aromatic rings. The highest BCUT2D eigenvalue weighted by Gasteiger charge is 2.11. The van der Waals surface area contributed by atoms with E-state index >= 15 is 0 Å². The summed E-state index contributed by atoms with van der Waals surface area (Å²) in [5.74, 6) is 0.852. The Morgan fingerprint density at radius 1 is 0.838 bits per heavy atom. The van der Waals surface area contributed by atoms with E-state index in [0.717, 1.165) is 22.2 Å². The molecule has 0 atom stereocenters. The highest BCUT2D eigenvalue weighted by molar-refractivity contribution is 8.00. The third kappa shape index (κ3) is 6.78. The molecule has 37 heavy (non-hydrogen) atoms. The molecule has 0 aliphatic carbocycles. The predicted octanol–water partition coefficient (Wildman–Crippen LogP) is 4.49. The fourth-order valence-electron chi connectivity index (χ4n) is 3.48. The van der Waals surface area contributed by atoms with Gasteiger partial charge in [-0.2, -0.15) is 0 Å². The van der Waals surface area contributed by atoms with Crippen LogP contribution >= 0.6 is 23.5 Å². The normalized spacial score (nSPS) is 10.9. The van der Waals surface area contributed by atoms with Crippen LogP contribution < -0.4 is 10.6 Å². The Bertz CT molecular complexity index is 1500. The molecule has 11 heteroatoms. The third-order valence-electron chi connectivity index (χ3n) is 5.26. The molecule has 0 radical (unpaired) electrons. The fraction of sp³-hybridized carbons (Fsp3) is 0.115. The Hall–Kier alpha value is -4.09. The zero-order chi connectivity index (χ0) is 25.5. The second-order valence-corrected chi connectivity index (χ2v) is 9.90. The number of aromatic amines is 2. The van der Waals surface area contributed by atoms with Crippen molar-refractivity contribution < 1.29 is 9.59 Å². The second-order valence-electron chi connectivity index (χ2n) is 7.99. The minimum atomic E-state index is -0.167. The number of nitrogens with zero attached hydrogens (tertiary/aromatic N) is 3. The van der Waals surface area contributed by atoms with E-state index in [-0.39, 0.29) is 23.3 Å². The number of aromatic nitrogens is 5. The lowest BCUT2D eigenvalue weighted by molar-refractivity contribution is -0.118. The van der Waals surface area contributed by atoms with Gasteiger partial charge in [0.25, 0.3) is 0 Å². The lowest BCUT2D eigenvalue weighted by Gasteiger charge is -2.04. The highest BCUT2D eigenvalue weighted by atomic mass is 32.2. The topological polar surface area (TPSA) is 128 Å². The summed E-state index contributed by atoms with van der Waals surface area (Å²) in [7, 11) is 0. The van der Waals surface area contributed by atoms with Crippen LogP contribution in [-0.2, 0) is 16.1 Å². The van der Waals surface area contributed by atoms with Gasteiger partial charge in [-0.05, 0) is 23.8 Å². The van der Waals surface area contributed by atoms with Crippen LogP contribution in [0.5, 0.6) is 0 Å². The minimum absolute atomic E-state index is 0.0675. The number of carbonyl (C=O) groups is 2. The van der Waals surface area contributed by atoms with Gasteiger partial charge in [0.1, 0.15) is 0 Å². The van der Waals surface area contributed by atoms with Crippen LogP contribution in [0, 0.1) is 0 Å². The van der Waals surface area contributed by atoms with Crippen molar-refractivity contribution in [2.24, 2.45) is 0 Å². The number of hydrogen-bond donors (Lipinski definition) is 4. The number of hydrogen-bond acceptors (Lipinski definition) is 7. The first-order chi connectivity index (χ1) is 18.1. The van der Waals surface area contributed by atoms with Gasteiger partial charge in [0.05, 0.1) is 22.5 Å². The van der Waals surface area contributed by atoms with Gasteiger partial charge in [-0.25, -0.2) is 9.97 Å². The Balaban J connectivity index is 1.10. The van der Waals surface area contributed by atoms with Gasteiger partial charge in [-0.3, -0.25) is 14.7 Å². The number of H-pyrrole nitrogens is 2. The standard InChI is InChI=1S/C26H23N7O2S2/c34-22(27-14-17-7-3-1-4-8-17)15-36-25-29-20-12-11-19(13-21(20)30-25)28-23(35)16-37-26-31-24(32-33-26)18-9-5-2-6-10-18/h1-13H,14-16H2,(H,27,34)(H,28,35)(H,29,30)(H,31,32,33). The number of benzene rings is 3. The molecule has 0 aliphatic rings. The third-order valence-corrected chi connectivity index (χ3v) is 6.98. The van der Waals surface area contributed by atoms with Crippen molar-refractivity contribution in [1.29, 1.82) is 0 Å². The molecule has 3 aromatic carbocycles. The van der Waals surface area contributed by atoms with Gasteiger partial charge < -0.3 is 15.6 Å². The Kier molecular flexibility index (Phi) is 7.82. The number of fused-ring (bicyclic) bond motifs is 1. The number of rotatable bonds is 10. The monoisotopic (exact) mass is 529 g/mol. The van der Waals surface area contributed by atoms with E-state index in [1.54, 1.807) is 6.07 Å². The number of anilines is 1. The summed E-state index contributed by atoms with van der Waals surface area (Å²) in [5, 5.41) is 14.0. The van der Waals surface area contributed by atoms with E-state index < -0.39 is 0 Å². The number of amides is 2. The zero-order valence-corrected chi connectivity index (χ0v) is 21.2. The molecule has 0 unspecified atom stereocenters. The SMILES string of the molecule is O=C(CSc1nc2ccc(NC(=O)CSc3n[nH]c(-c4ccccc4)n3)cc2[nH]1)NCc1ccccc1. The van der Waals surface area contributed by atoms with Crippen molar-refractivity contribution in [3.8, 4) is 11.4 Å². The van der Waals surface area contributed by atoms with E-state index in [9.17, 15) is 9.59 Å². The molecule has 2 aromatic heterocycles. The molecule has 4 N–H and O–H groups in total. The first-order valence-corrected chi connectivity index (χ1v) is 13.4. The van der Waals surface area contributed by atoms with Crippen molar-refractivity contribution in [3.63, 3.8) is 0 Å². The molecular weight excluding hydrogens is 506 g/mol. The molecule has 0 spiro atoms. The zero-order valence-electron chi connectivity index (χ0n) is 19.6. The van der Waals surface area contributed by atoms with Crippen LogP contribution in [0.25, 0.3) is 22.4 Å². The van der Waals surface area contributed by atoms with Crippen LogP contribution in [-0.4, -0.2) is 48.5 Å². The summed E-state index contributed by atoms with van der Waals surface area (Å²) in [5.41, 5.74) is 4.17. The van der Waals surface area contributed by atoms with Gasteiger partial charge in [-0.15, -0.1) is 5.10 Å². The summed E-state index contributed by atoms with van der Waals surface area (Å²) in [6.45, 7) is 0.492. The van der Waals surface area contributed by atoms with Gasteiger partial charge in [0, 0.05) is 17.8 Å². The van der Waals surface area contributed by atoms with Crippen LogP contribution in [0.1, 0.15) is 5.56 Å². The predicted molar refractivity (Wildman–Crippen MR) is 146 cm³/mol. The molecule has 186 valence electrons. The summed E-state index contributed by atoms with van der Waals surface area (Å²) in [4.78, 5) is 36.8. The van der Waals surface area contributed by atoms with Crippen LogP contribution in [0.4, 0.5) is 5.69 Å². The van der Waals surface area contributed by atoms with Crippen molar-refractivity contribution in [2.75, 3.05) is 16.8 Å². The number of carbonyl (C=O) groups excluding carboxylic acids is 2. The lowest BCUT2D eigenvalue weighted by Crippen LogP contribution is -2.24. The number of thioether (sulfide) groups is 2. The van der Waals surface area contributed by atoms with Crippen molar-refractivity contribution in [2.45, 2.75) is 16.9 Å². The molecular formula is C26H23N7O2S2. The molecule has 0 saturated heterocycles. The first-order valence-electron chi connectivity index (χ1n) is 11.5. The lowest BCUT2D eigenvalue weighted by atomic mass is 10.2. The molecule has 0 saturated carbocycles.